The van der Waals surface area contributed by atoms with Gasteiger partial charge in [-0.3, -0.25) is 4.79 Å². The van der Waals surface area contributed by atoms with E-state index in [4.69, 9.17) is 4.74 Å². The number of Topliss-reactive ketones (excluding diaryl/α,β-unsaturated/α-hetero) is 1. The maximum absolute atomic E-state index is 12.1. The Morgan fingerprint density at radius 3 is 2.14 bits per heavy atom. The van der Waals surface area contributed by atoms with Gasteiger partial charge in [0.05, 0.1) is 0 Å². The molecule has 0 bridgehead atoms. The lowest BCUT2D eigenvalue weighted by Crippen LogP contribution is -2.26. The van der Waals surface area contributed by atoms with E-state index in [1.165, 1.54) is 6.47 Å². The number of ketones is 1. The fourth-order valence-corrected chi connectivity index (χ4v) is 1.85. The zero-order valence-corrected chi connectivity index (χ0v) is 11.6. The van der Waals surface area contributed by atoms with Crippen LogP contribution in [0.5, 0.6) is 0 Å². The predicted octanol–water partition coefficient (Wildman–Crippen LogP) is 2.12. The minimum atomic E-state index is -1.35. The fourth-order valence-electron chi connectivity index (χ4n) is 1.85. The van der Waals surface area contributed by atoms with Gasteiger partial charge in [0.25, 0.3) is 5.78 Å². The van der Waals surface area contributed by atoms with E-state index in [0.29, 0.717) is 5.56 Å². The van der Waals surface area contributed by atoms with Gasteiger partial charge >= 0.3 is 12.4 Å². The number of esters is 1. The third kappa shape index (κ3) is 4.02. The molecule has 0 aliphatic carbocycles. The monoisotopic (exact) mass is 297 g/mol. The summed E-state index contributed by atoms with van der Waals surface area (Å²) in [6, 6.07) is 17.2. The molecule has 111 valence electrons. The van der Waals surface area contributed by atoms with Gasteiger partial charge in [0.15, 0.2) is 6.10 Å². The minimum absolute atomic E-state index is 0.0300. The molecule has 0 aromatic heterocycles. The van der Waals surface area contributed by atoms with Crippen molar-refractivity contribution < 1.29 is 23.9 Å². The first-order valence-corrected chi connectivity index (χ1v) is 6.55. The molecule has 22 heavy (non-hydrogen) atoms. The molecule has 2 aromatic rings. The van der Waals surface area contributed by atoms with Crippen LogP contribution < -0.4 is 0 Å². The Labute approximate surface area is 127 Å². The second kappa shape index (κ2) is 7.73. The standard InChI is InChI=1S/C17H13O5/c18-12-22-16(14-9-5-2-6-10-14)15(19)17(20)21-11-13-7-3-1-4-8-13/h1-10,16H,11H2. The molecule has 2 rings (SSSR count). The number of carbonyl (C=O) groups excluding carboxylic acids is 3. The molecule has 5 nitrogen and oxygen atoms in total. The third-order valence-corrected chi connectivity index (χ3v) is 2.92. The average Bonchev–Trinajstić information content (AvgIpc) is 2.58. The van der Waals surface area contributed by atoms with Gasteiger partial charge < -0.3 is 9.47 Å². The Morgan fingerprint density at radius 1 is 0.955 bits per heavy atom. The summed E-state index contributed by atoms with van der Waals surface area (Å²) < 4.78 is 9.55. The van der Waals surface area contributed by atoms with Gasteiger partial charge in [-0.15, -0.1) is 0 Å². The van der Waals surface area contributed by atoms with E-state index in [-0.39, 0.29) is 6.61 Å². The lowest BCUT2D eigenvalue weighted by Gasteiger charge is -2.13. The summed E-state index contributed by atoms with van der Waals surface area (Å²) in [5, 5.41) is 0. The molecular formula is C17H13O5. The van der Waals surface area contributed by atoms with E-state index in [0.717, 1.165) is 5.56 Å². The third-order valence-electron chi connectivity index (χ3n) is 2.92. The topological polar surface area (TPSA) is 69.7 Å². The van der Waals surface area contributed by atoms with Crippen molar-refractivity contribution in [2.45, 2.75) is 12.7 Å². The van der Waals surface area contributed by atoms with Gasteiger partial charge in [0.1, 0.15) is 6.61 Å². The highest BCUT2D eigenvalue weighted by Gasteiger charge is 2.30. The van der Waals surface area contributed by atoms with Crippen molar-refractivity contribution in [3.8, 4) is 0 Å². The number of benzene rings is 2. The summed E-state index contributed by atoms with van der Waals surface area (Å²) >= 11 is 0. The normalized spacial score (nSPS) is 11.3. The first kappa shape index (κ1) is 15.4. The number of ether oxygens (including phenoxy) is 2. The second-order valence-electron chi connectivity index (χ2n) is 4.42. The molecule has 0 amide bonds. The summed E-state index contributed by atoms with van der Waals surface area (Å²) in [6.45, 7) is 1.17. The van der Waals surface area contributed by atoms with Gasteiger partial charge in [-0.2, -0.15) is 0 Å². The SMILES string of the molecule is O=[C]OC(C(=O)C(=O)OCc1ccccc1)c1ccccc1. The summed E-state index contributed by atoms with van der Waals surface area (Å²) in [7, 11) is 0. The molecule has 0 heterocycles. The van der Waals surface area contributed by atoms with Gasteiger partial charge in [-0.1, -0.05) is 60.7 Å². The fraction of sp³-hybridized carbons (Fsp3) is 0.118. The first-order chi connectivity index (χ1) is 10.7. The minimum Gasteiger partial charge on any atom is -0.455 e. The summed E-state index contributed by atoms with van der Waals surface area (Å²) in [5.74, 6) is -2.02. The van der Waals surface area contributed by atoms with Crippen LogP contribution in [0.25, 0.3) is 0 Å². The molecule has 0 N–H and O–H groups in total. The van der Waals surface area contributed by atoms with E-state index in [1.807, 2.05) is 6.07 Å². The molecule has 5 heteroatoms. The van der Waals surface area contributed by atoms with E-state index in [9.17, 15) is 14.4 Å². The second-order valence-corrected chi connectivity index (χ2v) is 4.42. The van der Waals surface area contributed by atoms with Crippen LogP contribution in [0.1, 0.15) is 17.2 Å². The zero-order valence-electron chi connectivity index (χ0n) is 11.6. The smallest absolute Gasteiger partial charge is 0.418 e. The Hall–Kier alpha value is -2.95. The Morgan fingerprint density at radius 2 is 1.55 bits per heavy atom. The highest BCUT2D eigenvalue weighted by Crippen LogP contribution is 2.18. The molecule has 0 saturated heterocycles. The van der Waals surface area contributed by atoms with Gasteiger partial charge in [-0.05, 0) is 5.56 Å². The van der Waals surface area contributed by atoms with Crippen LogP contribution >= 0.6 is 0 Å². The Balaban J connectivity index is 2.03. The molecule has 0 aliphatic heterocycles. The number of carbonyl (C=O) groups is 2. The first-order valence-electron chi connectivity index (χ1n) is 6.55. The number of rotatable bonds is 7. The predicted molar refractivity (Wildman–Crippen MR) is 77.2 cm³/mol. The van der Waals surface area contributed by atoms with E-state index < -0.39 is 17.9 Å². The van der Waals surface area contributed by atoms with Crippen LogP contribution in [0.4, 0.5) is 0 Å². The molecule has 0 fully saturated rings. The van der Waals surface area contributed by atoms with E-state index in [1.54, 1.807) is 54.6 Å². The lowest BCUT2D eigenvalue weighted by molar-refractivity contribution is -0.158. The highest BCUT2D eigenvalue weighted by molar-refractivity contribution is 6.35. The zero-order chi connectivity index (χ0) is 15.8. The van der Waals surface area contributed by atoms with Gasteiger partial charge in [-0.25, -0.2) is 9.59 Å². The molecule has 0 aliphatic rings. The molecule has 0 spiro atoms. The van der Waals surface area contributed by atoms with Crippen molar-refractivity contribution in [1.82, 2.24) is 0 Å². The molecule has 0 saturated carbocycles. The van der Waals surface area contributed by atoms with Crippen molar-refractivity contribution in [3.05, 3.63) is 71.8 Å². The van der Waals surface area contributed by atoms with Crippen LogP contribution in [-0.2, 0) is 30.5 Å². The Bertz CT molecular complexity index is 637. The largest absolute Gasteiger partial charge is 0.455 e. The van der Waals surface area contributed by atoms with Crippen molar-refractivity contribution >= 4 is 18.2 Å². The quantitative estimate of drug-likeness (QED) is 0.578. The molecule has 2 aromatic carbocycles. The molecule has 1 radical (unpaired) electrons. The molecule has 1 atom stereocenters. The maximum atomic E-state index is 12.1. The summed E-state index contributed by atoms with van der Waals surface area (Å²) in [5.41, 5.74) is 1.13. The number of hydrogen-bond donors (Lipinski definition) is 0. The number of hydrogen-bond acceptors (Lipinski definition) is 5. The summed E-state index contributed by atoms with van der Waals surface area (Å²) in [4.78, 5) is 34.3. The van der Waals surface area contributed by atoms with Crippen LogP contribution in [0, 0.1) is 0 Å². The van der Waals surface area contributed by atoms with E-state index in [2.05, 4.69) is 4.74 Å². The van der Waals surface area contributed by atoms with Crippen molar-refractivity contribution in [1.29, 1.82) is 0 Å². The van der Waals surface area contributed by atoms with Crippen LogP contribution in [0.2, 0.25) is 0 Å². The maximum Gasteiger partial charge on any atom is 0.418 e. The van der Waals surface area contributed by atoms with Crippen LogP contribution in [0.3, 0.4) is 0 Å². The highest BCUT2D eigenvalue weighted by atomic mass is 16.6. The Kier molecular flexibility index (Phi) is 5.43. The van der Waals surface area contributed by atoms with Crippen LogP contribution in [0.15, 0.2) is 60.7 Å². The van der Waals surface area contributed by atoms with Gasteiger partial charge in [0.2, 0.25) is 0 Å². The van der Waals surface area contributed by atoms with Gasteiger partial charge in [0, 0.05) is 5.56 Å². The van der Waals surface area contributed by atoms with E-state index >= 15 is 0 Å². The molecule has 1 unspecified atom stereocenters. The lowest BCUT2D eigenvalue weighted by atomic mass is 10.1. The van der Waals surface area contributed by atoms with Crippen LogP contribution in [-0.4, -0.2) is 18.2 Å². The van der Waals surface area contributed by atoms with Crippen molar-refractivity contribution in [2.75, 3.05) is 0 Å². The summed E-state index contributed by atoms with van der Waals surface area (Å²) in [6.07, 6.45) is -1.35. The van der Waals surface area contributed by atoms with Crippen molar-refractivity contribution in [2.24, 2.45) is 0 Å². The average molecular weight is 297 g/mol. The van der Waals surface area contributed by atoms with Crippen molar-refractivity contribution in [3.63, 3.8) is 0 Å². The molecular weight excluding hydrogens is 284 g/mol.